The van der Waals surface area contributed by atoms with E-state index in [0.29, 0.717) is 11.4 Å². The van der Waals surface area contributed by atoms with Crippen molar-refractivity contribution in [3.63, 3.8) is 0 Å². The van der Waals surface area contributed by atoms with Crippen molar-refractivity contribution in [3.05, 3.63) is 53.6 Å². The third-order valence-corrected chi connectivity index (χ3v) is 6.16. The monoisotopic (exact) mass is 378 g/mol. The number of nitrogens with one attached hydrogen (secondary N) is 2. The van der Waals surface area contributed by atoms with Gasteiger partial charge in [-0.1, -0.05) is 18.2 Å². The molecular formula is C18H22N2O3S2. The zero-order valence-electron chi connectivity index (χ0n) is 14.7. The van der Waals surface area contributed by atoms with E-state index in [1.54, 1.807) is 12.1 Å². The molecule has 0 aliphatic heterocycles. The van der Waals surface area contributed by atoms with E-state index in [2.05, 4.69) is 10.0 Å². The van der Waals surface area contributed by atoms with Gasteiger partial charge in [0.1, 0.15) is 0 Å². The molecule has 7 heteroatoms. The number of anilines is 2. The van der Waals surface area contributed by atoms with Crippen LogP contribution >= 0.6 is 11.8 Å². The van der Waals surface area contributed by atoms with Gasteiger partial charge in [0.2, 0.25) is 5.91 Å². The molecule has 0 radical (unpaired) electrons. The lowest BCUT2D eigenvalue weighted by molar-refractivity contribution is -0.115. The summed E-state index contributed by atoms with van der Waals surface area (Å²) in [5.74, 6) is -0.114. The van der Waals surface area contributed by atoms with Gasteiger partial charge in [0.15, 0.2) is 0 Å². The minimum absolute atomic E-state index is 0.114. The van der Waals surface area contributed by atoms with E-state index in [9.17, 15) is 13.2 Å². The number of thioether (sulfide) groups is 1. The zero-order chi connectivity index (χ0) is 18.6. The first kappa shape index (κ1) is 19.3. The molecular weight excluding hydrogens is 356 g/mol. The lowest BCUT2D eigenvalue weighted by Gasteiger charge is -2.14. The van der Waals surface area contributed by atoms with Gasteiger partial charge in [0.05, 0.1) is 15.8 Å². The van der Waals surface area contributed by atoms with Crippen molar-refractivity contribution in [1.82, 2.24) is 0 Å². The first-order valence-corrected chi connectivity index (χ1v) is 10.5. The van der Waals surface area contributed by atoms with Crippen LogP contribution in [0.1, 0.15) is 18.1 Å². The number of carbonyl (C=O) groups excluding carboxylic acids is 1. The van der Waals surface area contributed by atoms with E-state index < -0.39 is 10.0 Å². The summed E-state index contributed by atoms with van der Waals surface area (Å²) in [6.07, 6.45) is 1.86. The van der Waals surface area contributed by atoms with Crippen molar-refractivity contribution in [3.8, 4) is 0 Å². The Hall–Kier alpha value is -1.99. The fraction of sp³-hybridized carbons (Fsp3) is 0.278. The second kappa shape index (κ2) is 7.93. The molecule has 2 N–H and O–H groups in total. The van der Waals surface area contributed by atoms with Crippen LogP contribution < -0.4 is 10.0 Å². The highest BCUT2D eigenvalue weighted by molar-refractivity contribution is 7.99. The number of hydrogen-bond acceptors (Lipinski definition) is 4. The van der Waals surface area contributed by atoms with Crippen LogP contribution in [-0.4, -0.2) is 25.8 Å². The Kier molecular flexibility index (Phi) is 6.13. The van der Waals surface area contributed by atoms with Crippen LogP contribution in [0.4, 0.5) is 11.4 Å². The molecule has 1 unspecified atom stereocenters. The summed E-state index contributed by atoms with van der Waals surface area (Å²) in [5.41, 5.74) is 2.88. The summed E-state index contributed by atoms with van der Waals surface area (Å²) < 4.78 is 27.8. The first-order valence-electron chi connectivity index (χ1n) is 7.77. The maximum atomic E-state index is 12.6. The minimum atomic E-state index is -3.69. The second-order valence-corrected chi connectivity index (χ2v) is 8.62. The molecule has 2 aromatic rings. The molecule has 0 saturated carbocycles. The molecule has 0 aliphatic carbocycles. The van der Waals surface area contributed by atoms with E-state index in [4.69, 9.17) is 0 Å². The smallest absolute Gasteiger partial charge is 0.261 e. The third-order valence-electron chi connectivity index (χ3n) is 3.87. The number of hydrogen-bond donors (Lipinski definition) is 2. The van der Waals surface area contributed by atoms with E-state index >= 15 is 0 Å². The Morgan fingerprint density at radius 2 is 1.60 bits per heavy atom. The number of aryl methyl sites for hydroxylation is 2. The second-order valence-electron chi connectivity index (χ2n) is 5.76. The summed E-state index contributed by atoms with van der Waals surface area (Å²) >= 11 is 1.45. The van der Waals surface area contributed by atoms with Crippen molar-refractivity contribution in [2.24, 2.45) is 0 Å². The van der Waals surface area contributed by atoms with Gasteiger partial charge >= 0.3 is 0 Å². The van der Waals surface area contributed by atoms with Gasteiger partial charge in [0, 0.05) is 5.69 Å². The fourth-order valence-corrected chi connectivity index (χ4v) is 3.71. The van der Waals surface area contributed by atoms with Gasteiger partial charge in [-0.2, -0.15) is 11.8 Å². The number of carbonyl (C=O) groups is 1. The van der Waals surface area contributed by atoms with Crippen molar-refractivity contribution in [2.75, 3.05) is 16.3 Å². The number of rotatable bonds is 6. The van der Waals surface area contributed by atoms with Crippen molar-refractivity contribution in [1.29, 1.82) is 0 Å². The highest BCUT2D eigenvalue weighted by Gasteiger charge is 2.17. The van der Waals surface area contributed by atoms with Crippen LogP contribution in [0.2, 0.25) is 0 Å². The van der Waals surface area contributed by atoms with Gasteiger partial charge in [-0.3, -0.25) is 9.52 Å². The molecule has 0 bridgehead atoms. The van der Waals surface area contributed by atoms with Gasteiger partial charge in [-0.05, 0) is 62.4 Å². The maximum absolute atomic E-state index is 12.6. The van der Waals surface area contributed by atoms with Crippen molar-refractivity contribution >= 4 is 39.1 Å². The van der Waals surface area contributed by atoms with Crippen LogP contribution in [0.15, 0.2) is 47.4 Å². The molecule has 0 heterocycles. The normalized spacial score (nSPS) is 12.5. The third kappa shape index (κ3) is 4.76. The molecule has 0 fully saturated rings. The fourth-order valence-electron chi connectivity index (χ4n) is 2.24. The predicted molar refractivity (Wildman–Crippen MR) is 105 cm³/mol. The van der Waals surface area contributed by atoms with Crippen LogP contribution in [0.3, 0.4) is 0 Å². The van der Waals surface area contributed by atoms with Gasteiger partial charge < -0.3 is 5.32 Å². The van der Waals surface area contributed by atoms with Crippen molar-refractivity contribution in [2.45, 2.75) is 30.9 Å². The Balaban J connectivity index is 2.19. The summed E-state index contributed by atoms with van der Waals surface area (Å²) in [6.45, 7) is 5.53. The summed E-state index contributed by atoms with van der Waals surface area (Å²) in [7, 11) is -3.69. The molecule has 0 aliphatic rings. The molecule has 0 spiro atoms. The van der Waals surface area contributed by atoms with Gasteiger partial charge in [-0.25, -0.2) is 8.42 Å². The predicted octanol–water partition coefficient (Wildman–Crippen LogP) is 3.79. The Bertz CT molecular complexity index is 842. The minimum Gasteiger partial charge on any atom is -0.325 e. The van der Waals surface area contributed by atoms with Crippen LogP contribution in [0, 0.1) is 13.8 Å². The van der Waals surface area contributed by atoms with Crippen LogP contribution in [0.5, 0.6) is 0 Å². The molecule has 5 nitrogen and oxygen atoms in total. The van der Waals surface area contributed by atoms with E-state index in [-0.39, 0.29) is 16.1 Å². The molecule has 0 saturated heterocycles. The molecule has 2 aromatic carbocycles. The largest absolute Gasteiger partial charge is 0.325 e. The molecule has 0 aromatic heterocycles. The zero-order valence-corrected chi connectivity index (χ0v) is 16.3. The maximum Gasteiger partial charge on any atom is 0.261 e. The molecule has 25 heavy (non-hydrogen) atoms. The molecule has 1 atom stereocenters. The quantitative estimate of drug-likeness (QED) is 0.802. The van der Waals surface area contributed by atoms with Crippen LogP contribution in [0.25, 0.3) is 0 Å². The summed E-state index contributed by atoms with van der Waals surface area (Å²) in [6, 6.07) is 11.7. The Morgan fingerprint density at radius 1 is 1.04 bits per heavy atom. The van der Waals surface area contributed by atoms with Gasteiger partial charge in [0.25, 0.3) is 10.0 Å². The average Bonchev–Trinajstić information content (AvgIpc) is 2.58. The lowest BCUT2D eigenvalue weighted by atomic mass is 10.1. The number of amides is 1. The average molecular weight is 379 g/mol. The Labute approximate surface area is 153 Å². The van der Waals surface area contributed by atoms with Crippen LogP contribution in [-0.2, 0) is 14.8 Å². The lowest BCUT2D eigenvalue weighted by Crippen LogP contribution is -2.22. The van der Waals surface area contributed by atoms with E-state index in [0.717, 1.165) is 11.1 Å². The van der Waals surface area contributed by atoms with E-state index in [1.807, 2.05) is 45.2 Å². The highest BCUT2D eigenvalue weighted by Crippen LogP contribution is 2.24. The number of para-hydroxylation sites is 1. The number of benzene rings is 2. The Morgan fingerprint density at radius 3 is 2.12 bits per heavy atom. The number of sulfonamides is 1. The van der Waals surface area contributed by atoms with E-state index in [1.165, 1.54) is 23.9 Å². The summed E-state index contributed by atoms with van der Waals surface area (Å²) in [4.78, 5) is 12.0. The first-order chi connectivity index (χ1) is 11.7. The van der Waals surface area contributed by atoms with Crippen molar-refractivity contribution < 1.29 is 13.2 Å². The molecule has 2 rings (SSSR count). The standard InChI is InChI=1S/C18H22N2O3S2/c1-12-6-5-7-13(2)17(12)20-25(22,23)16-10-8-15(9-11-16)19-18(21)14(3)24-4/h5-11,14,20H,1-4H3,(H,19,21). The molecule has 1 amide bonds. The summed E-state index contributed by atoms with van der Waals surface area (Å²) in [5, 5.41) is 2.59. The van der Waals surface area contributed by atoms with Gasteiger partial charge in [-0.15, -0.1) is 0 Å². The SMILES string of the molecule is CSC(C)C(=O)Nc1ccc(S(=O)(=O)Nc2c(C)cccc2C)cc1. The molecule has 134 valence electrons. The highest BCUT2D eigenvalue weighted by atomic mass is 32.2. The topological polar surface area (TPSA) is 75.3 Å².